The Morgan fingerprint density at radius 1 is 1.25 bits per heavy atom. The summed E-state index contributed by atoms with van der Waals surface area (Å²) in [6.07, 6.45) is 0. The Kier molecular flexibility index (Phi) is 6.40. The van der Waals surface area contributed by atoms with Crippen molar-refractivity contribution in [2.45, 2.75) is 59.4 Å². The van der Waals surface area contributed by atoms with Crippen LogP contribution in [0.4, 0.5) is 0 Å². The lowest BCUT2D eigenvalue weighted by molar-refractivity contribution is -0.155. The number of ether oxygens (including phenoxy) is 3. The molecule has 0 N–H and O–H groups in total. The number of nitrogens with zero attached hydrogens (tertiary/aromatic N) is 4. The molecule has 11 nitrogen and oxygen atoms in total. The molecule has 0 unspecified atom stereocenters. The molecule has 1 aliphatic heterocycles. The van der Waals surface area contributed by atoms with Crippen LogP contribution >= 0.6 is 0 Å². The van der Waals surface area contributed by atoms with Gasteiger partial charge in [-0.2, -0.15) is 9.61 Å². The number of amides is 1. The van der Waals surface area contributed by atoms with E-state index in [0.717, 1.165) is 4.52 Å². The standard InChI is InChI=1S/C21H28N4O7/c1-7-31-20(29)14-8-15-24(10-16(26)32-21(3,4)5)17-13(18(27)25(15)22-14)9-23(19(17)28)12(2)11-30-6/h8,12H,7,9-11H2,1-6H3/t12-/m0/s1. The third-order valence-electron chi connectivity index (χ3n) is 4.90. The van der Waals surface area contributed by atoms with Gasteiger partial charge < -0.3 is 23.7 Å². The summed E-state index contributed by atoms with van der Waals surface area (Å²) in [5.41, 5.74) is -0.986. The van der Waals surface area contributed by atoms with Gasteiger partial charge in [-0.1, -0.05) is 0 Å². The lowest BCUT2D eigenvalue weighted by Crippen LogP contribution is -2.37. The van der Waals surface area contributed by atoms with Gasteiger partial charge in [-0.15, -0.1) is 0 Å². The van der Waals surface area contributed by atoms with Crippen LogP contribution in [0.25, 0.3) is 5.65 Å². The van der Waals surface area contributed by atoms with Gasteiger partial charge in [0.15, 0.2) is 5.69 Å². The molecule has 0 radical (unpaired) electrons. The van der Waals surface area contributed by atoms with Crippen LogP contribution in [-0.4, -0.2) is 68.9 Å². The second-order valence-electron chi connectivity index (χ2n) is 8.56. The lowest BCUT2D eigenvalue weighted by atomic mass is 10.2. The zero-order chi connectivity index (χ0) is 23.8. The predicted octanol–water partition coefficient (Wildman–Crippen LogP) is 1.01. The summed E-state index contributed by atoms with van der Waals surface area (Å²) >= 11 is 0. The molecule has 32 heavy (non-hydrogen) atoms. The van der Waals surface area contributed by atoms with Crippen LogP contribution in [0.5, 0.6) is 0 Å². The van der Waals surface area contributed by atoms with Gasteiger partial charge in [0.05, 0.1) is 31.4 Å². The van der Waals surface area contributed by atoms with Crippen LogP contribution in [0.1, 0.15) is 61.2 Å². The Balaban J connectivity index is 2.18. The third kappa shape index (κ3) is 4.38. The second-order valence-corrected chi connectivity index (χ2v) is 8.56. The van der Waals surface area contributed by atoms with Crippen molar-refractivity contribution in [1.82, 2.24) is 19.1 Å². The molecule has 0 spiro atoms. The molecule has 1 aliphatic rings. The highest BCUT2D eigenvalue weighted by atomic mass is 16.6. The maximum Gasteiger partial charge on any atom is 0.358 e. The van der Waals surface area contributed by atoms with Crippen LogP contribution in [0.2, 0.25) is 0 Å². The van der Waals surface area contributed by atoms with Crippen molar-refractivity contribution in [3.63, 3.8) is 0 Å². The molecule has 2 aromatic rings. The van der Waals surface area contributed by atoms with Crippen LogP contribution in [0.3, 0.4) is 0 Å². The fourth-order valence-electron chi connectivity index (χ4n) is 3.64. The van der Waals surface area contributed by atoms with E-state index in [1.54, 1.807) is 34.6 Å². The molecule has 0 bridgehead atoms. The second kappa shape index (κ2) is 8.73. The maximum atomic E-state index is 13.3. The number of esters is 2. The summed E-state index contributed by atoms with van der Waals surface area (Å²) in [6.45, 7) is 8.76. The summed E-state index contributed by atoms with van der Waals surface area (Å²) in [5, 5.41) is 4.08. The Hall–Kier alpha value is -3.21. The third-order valence-corrected chi connectivity index (χ3v) is 4.90. The van der Waals surface area contributed by atoms with Gasteiger partial charge in [-0.05, 0) is 34.6 Å². The first-order valence-electron chi connectivity index (χ1n) is 10.3. The highest BCUT2D eigenvalue weighted by Gasteiger charge is 2.38. The molecule has 0 aliphatic carbocycles. The van der Waals surface area contributed by atoms with Gasteiger partial charge in [0.25, 0.3) is 11.5 Å². The number of fused-ring (bicyclic) bond motifs is 2. The molecular weight excluding hydrogens is 420 g/mol. The predicted molar refractivity (Wildman–Crippen MR) is 112 cm³/mol. The molecular formula is C21H28N4O7. The van der Waals surface area contributed by atoms with Gasteiger partial charge in [-0.3, -0.25) is 14.4 Å². The van der Waals surface area contributed by atoms with Gasteiger partial charge in [-0.25, -0.2) is 4.79 Å². The Labute approximate surface area is 184 Å². The number of hydrogen-bond donors (Lipinski definition) is 0. The van der Waals surface area contributed by atoms with Gasteiger partial charge in [0.2, 0.25) is 0 Å². The van der Waals surface area contributed by atoms with E-state index in [9.17, 15) is 19.2 Å². The van der Waals surface area contributed by atoms with E-state index in [1.165, 1.54) is 22.6 Å². The minimum atomic E-state index is -0.741. The van der Waals surface area contributed by atoms with Crippen molar-refractivity contribution in [1.29, 1.82) is 0 Å². The first-order valence-corrected chi connectivity index (χ1v) is 10.3. The number of aromatic nitrogens is 3. The van der Waals surface area contributed by atoms with Crippen molar-refractivity contribution < 1.29 is 28.6 Å². The average molecular weight is 448 g/mol. The summed E-state index contributed by atoms with van der Waals surface area (Å²) < 4.78 is 17.9. The van der Waals surface area contributed by atoms with Crippen LogP contribution in [-0.2, 0) is 32.1 Å². The topological polar surface area (TPSA) is 121 Å². The molecule has 3 rings (SSSR count). The van der Waals surface area contributed by atoms with Crippen molar-refractivity contribution in [2.75, 3.05) is 20.3 Å². The first kappa shape index (κ1) is 23.5. The lowest BCUT2D eigenvalue weighted by Gasteiger charge is -2.23. The van der Waals surface area contributed by atoms with Crippen LogP contribution in [0, 0.1) is 0 Å². The van der Waals surface area contributed by atoms with E-state index in [-0.39, 0.29) is 54.9 Å². The maximum absolute atomic E-state index is 13.3. The smallest absolute Gasteiger partial charge is 0.358 e. The molecule has 0 saturated heterocycles. The zero-order valence-electron chi connectivity index (χ0n) is 19.1. The summed E-state index contributed by atoms with van der Waals surface area (Å²) in [4.78, 5) is 52.8. The summed E-state index contributed by atoms with van der Waals surface area (Å²) in [5.74, 6) is -1.71. The fraction of sp³-hybridized carbons (Fsp3) is 0.571. The quantitative estimate of drug-likeness (QED) is 0.575. The normalized spacial score (nSPS) is 14.6. The number of carbonyl (C=O) groups excluding carboxylic acids is 3. The fourth-order valence-corrected chi connectivity index (χ4v) is 3.64. The van der Waals surface area contributed by atoms with E-state index < -0.39 is 29.0 Å². The van der Waals surface area contributed by atoms with Crippen molar-refractivity contribution in [3.8, 4) is 0 Å². The van der Waals surface area contributed by atoms with E-state index in [2.05, 4.69) is 5.10 Å². The van der Waals surface area contributed by atoms with Crippen LogP contribution < -0.4 is 5.56 Å². The largest absolute Gasteiger partial charge is 0.461 e. The SMILES string of the molecule is CCOC(=O)c1cc2n(CC(=O)OC(C)(C)C)c3c(c(=O)n2n1)CN([C@@H](C)COC)C3=O. The van der Waals surface area contributed by atoms with Crippen LogP contribution in [0.15, 0.2) is 10.9 Å². The summed E-state index contributed by atoms with van der Waals surface area (Å²) in [6, 6.07) is 1.04. The Morgan fingerprint density at radius 2 is 1.94 bits per heavy atom. The number of carbonyl (C=O) groups is 3. The molecule has 1 atom stereocenters. The minimum absolute atomic E-state index is 0.0381. The molecule has 0 aromatic carbocycles. The van der Waals surface area contributed by atoms with E-state index in [1.807, 2.05) is 0 Å². The summed E-state index contributed by atoms with van der Waals surface area (Å²) in [7, 11) is 1.52. The molecule has 174 valence electrons. The molecule has 0 fully saturated rings. The number of methoxy groups -OCH3 is 1. The Morgan fingerprint density at radius 3 is 2.53 bits per heavy atom. The van der Waals surface area contributed by atoms with E-state index in [0.29, 0.717) is 0 Å². The monoisotopic (exact) mass is 448 g/mol. The number of rotatable bonds is 7. The molecule has 3 heterocycles. The van der Waals surface area contributed by atoms with Gasteiger partial charge >= 0.3 is 11.9 Å². The molecule has 11 heteroatoms. The van der Waals surface area contributed by atoms with E-state index >= 15 is 0 Å². The minimum Gasteiger partial charge on any atom is -0.461 e. The zero-order valence-corrected chi connectivity index (χ0v) is 19.1. The first-order chi connectivity index (χ1) is 15.0. The van der Waals surface area contributed by atoms with Crippen molar-refractivity contribution in [3.05, 3.63) is 33.4 Å². The van der Waals surface area contributed by atoms with Crippen molar-refractivity contribution >= 4 is 23.5 Å². The molecule has 0 saturated carbocycles. The number of hydrogen-bond acceptors (Lipinski definition) is 8. The van der Waals surface area contributed by atoms with Gasteiger partial charge in [0, 0.05) is 13.2 Å². The van der Waals surface area contributed by atoms with E-state index in [4.69, 9.17) is 14.2 Å². The average Bonchev–Trinajstić information content (AvgIpc) is 3.27. The van der Waals surface area contributed by atoms with Gasteiger partial charge in [0.1, 0.15) is 23.5 Å². The molecule has 2 aromatic heterocycles. The molecule has 1 amide bonds. The highest BCUT2D eigenvalue weighted by Crippen LogP contribution is 2.25. The highest BCUT2D eigenvalue weighted by molar-refractivity contribution is 5.98. The Bertz CT molecular complexity index is 1130. The van der Waals surface area contributed by atoms with Crippen molar-refractivity contribution in [2.24, 2.45) is 0 Å².